The summed E-state index contributed by atoms with van der Waals surface area (Å²) in [6, 6.07) is 5.23. The summed E-state index contributed by atoms with van der Waals surface area (Å²) in [6.07, 6.45) is 1.68. The zero-order chi connectivity index (χ0) is 14.1. The molecular formula is C12H8ClIN4O2. The van der Waals surface area contributed by atoms with Gasteiger partial charge in [-0.3, -0.25) is 5.10 Å². The predicted molar refractivity (Wildman–Crippen MR) is 81.6 cm³/mol. The van der Waals surface area contributed by atoms with Gasteiger partial charge in [-0.1, -0.05) is 16.8 Å². The lowest BCUT2D eigenvalue weighted by Gasteiger charge is -2.04. The highest BCUT2D eigenvalue weighted by Gasteiger charge is 2.17. The van der Waals surface area contributed by atoms with Crippen molar-refractivity contribution in [3.05, 3.63) is 33.0 Å². The largest absolute Gasteiger partial charge is 0.496 e. The molecule has 3 rings (SSSR count). The van der Waals surface area contributed by atoms with Crippen LogP contribution in [-0.2, 0) is 0 Å². The summed E-state index contributed by atoms with van der Waals surface area (Å²) >= 11 is 8.13. The lowest BCUT2D eigenvalue weighted by molar-refractivity contribution is 0.413. The molecular weight excluding hydrogens is 395 g/mol. The second kappa shape index (κ2) is 5.41. The highest BCUT2D eigenvalue weighted by atomic mass is 127. The smallest absolute Gasteiger partial charge is 0.277 e. The fraction of sp³-hybridized carbons (Fsp3) is 0.0833. The van der Waals surface area contributed by atoms with E-state index in [4.69, 9.17) is 20.9 Å². The quantitative estimate of drug-likeness (QED) is 0.680. The van der Waals surface area contributed by atoms with Crippen LogP contribution in [0.15, 0.2) is 28.9 Å². The molecule has 0 radical (unpaired) electrons. The van der Waals surface area contributed by atoms with Crippen LogP contribution in [0.25, 0.3) is 23.0 Å². The molecule has 0 bridgehead atoms. The van der Waals surface area contributed by atoms with E-state index in [0.717, 1.165) is 3.57 Å². The topological polar surface area (TPSA) is 76.8 Å². The van der Waals surface area contributed by atoms with Gasteiger partial charge in [-0.05, 0) is 40.8 Å². The molecule has 6 nitrogen and oxygen atoms in total. The van der Waals surface area contributed by atoms with Gasteiger partial charge in [0.1, 0.15) is 11.4 Å². The molecule has 0 atom stereocenters. The lowest BCUT2D eigenvalue weighted by Crippen LogP contribution is -1.89. The Labute approximate surface area is 132 Å². The van der Waals surface area contributed by atoms with Crippen LogP contribution in [0.1, 0.15) is 0 Å². The number of benzene rings is 1. The summed E-state index contributed by atoms with van der Waals surface area (Å²) in [5, 5.41) is 11.3. The number of hydrogen-bond donors (Lipinski definition) is 1. The van der Waals surface area contributed by atoms with Crippen LogP contribution in [0.2, 0.25) is 5.02 Å². The zero-order valence-electron chi connectivity index (χ0n) is 10.2. The van der Waals surface area contributed by atoms with Crippen LogP contribution < -0.4 is 4.74 Å². The van der Waals surface area contributed by atoms with Crippen molar-refractivity contribution in [1.82, 2.24) is 20.3 Å². The van der Waals surface area contributed by atoms with Crippen molar-refractivity contribution in [3.63, 3.8) is 0 Å². The van der Waals surface area contributed by atoms with E-state index in [-0.39, 0.29) is 0 Å². The monoisotopic (exact) mass is 402 g/mol. The molecule has 20 heavy (non-hydrogen) atoms. The van der Waals surface area contributed by atoms with Gasteiger partial charge in [0.05, 0.1) is 22.4 Å². The summed E-state index contributed by atoms with van der Waals surface area (Å²) in [5.74, 6) is 1.40. The molecule has 1 N–H and O–H groups in total. The first-order valence-corrected chi connectivity index (χ1v) is 7.01. The summed E-state index contributed by atoms with van der Waals surface area (Å²) in [6.45, 7) is 0. The van der Waals surface area contributed by atoms with Gasteiger partial charge in [-0.15, -0.1) is 0 Å². The van der Waals surface area contributed by atoms with E-state index in [2.05, 4.69) is 42.9 Å². The molecule has 2 aromatic heterocycles. The summed E-state index contributed by atoms with van der Waals surface area (Å²) in [7, 11) is 1.57. The highest BCUT2D eigenvalue weighted by molar-refractivity contribution is 14.1. The highest BCUT2D eigenvalue weighted by Crippen LogP contribution is 2.32. The minimum atomic E-state index is 0.365. The van der Waals surface area contributed by atoms with Crippen molar-refractivity contribution in [2.24, 2.45) is 0 Å². The van der Waals surface area contributed by atoms with Crippen molar-refractivity contribution < 1.29 is 9.26 Å². The average Bonchev–Trinajstić information content (AvgIpc) is 3.07. The Morgan fingerprint density at radius 3 is 2.95 bits per heavy atom. The van der Waals surface area contributed by atoms with Crippen LogP contribution in [0.3, 0.4) is 0 Å². The number of H-pyrrole nitrogens is 1. The number of ether oxygens (including phenoxy) is 1. The average molecular weight is 403 g/mol. The van der Waals surface area contributed by atoms with Crippen LogP contribution in [0, 0.1) is 3.57 Å². The second-order valence-corrected chi connectivity index (χ2v) is 5.46. The number of halogens is 2. The number of methoxy groups -OCH3 is 1. The third kappa shape index (κ3) is 2.38. The van der Waals surface area contributed by atoms with Crippen LogP contribution >= 0.6 is 34.2 Å². The van der Waals surface area contributed by atoms with E-state index >= 15 is 0 Å². The first-order chi connectivity index (χ1) is 9.69. The summed E-state index contributed by atoms with van der Waals surface area (Å²) < 4.78 is 11.4. The molecule has 102 valence electrons. The minimum absolute atomic E-state index is 0.365. The standard InChI is InChI=1S/C12H8ClIN4O2/c1-19-9-3-2-6(13)4-7(9)11-16-12(20-18-11)10-8(14)5-15-17-10/h2-5H,1H3,(H,15,17). The molecule has 1 aromatic carbocycles. The Morgan fingerprint density at radius 2 is 2.25 bits per heavy atom. The molecule has 0 aliphatic carbocycles. The molecule has 3 aromatic rings. The molecule has 0 fully saturated rings. The van der Waals surface area contributed by atoms with Crippen LogP contribution in [0.4, 0.5) is 0 Å². The molecule has 0 amide bonds. The maximum Gasteiger partial charge on any atom is 0.277 e. The van der Waals surface area contributed by atoms with Gasteiger partial charge in [0.2, 0.25) is 5.82 Å². The maximum absolute atomic E-state index is 6.00. The number of aromatic amines is 1. The van der Waals surface area contributed by atoms with E-state index in [0.29, 0.717) is 33.7 Å². The Morgan fingerprint density at radius 1 is 1.40 bits per heavy atom. The normalized spacial score (nSPS) is 10.8. The minimum Gasteiger partial charge on any atom is -0.496 e. The van der Waals surface area contributed by atoms with E-state index in [1.807, 2.05) is 0 Å². The van der Waals surface area contributed by atoms with Gasteiger partial charge in [0.15, 0.2) is 0 Å². The number of rotatable bonds is 3. The van der Waals surface area contributed by atoms with Crippen LogP contribution in [-0.4, -0.2) is 27.4 Å². The van der Waals surface area contributed by atoms with Crippen LogP contribution in [0.5, 0.6) is 5.75 Å². The predicted octanol–water partition coefficient (Wildman–Crippen LogP) is 3.39. The van der Waals surface area contributed by atoms with E-state index in [1.165, 1.54) is 0 Å². The second-order valence-electron chi connectivity index (χ2n) is 3.86. The number of hydrogen-bond acceptors (Lipinski definition) is 5. The molecule has 2 heterocycles. The van der Waals surface area contributed by atoms with E-state index < -0.39 is 0 Å². The molecule has 0 aliphatic rings. The van der Waals surface area contributed by atoms with Crippen molar-refractivity contribution in [1.29, 1.82) is 0 Å². The van der Waals surface area contributed by atoms with Gasteiger partial charge in [0, 0.05) is 5.02 Å². The van der Waals surface area contributed by atoms with Gasteiger partial charge < -0.3 is 9.26 Å². The Balaban J connectivity index is 2.07. The molecule has 8 heteroatoms. The molecule has 0 saturated heterocycles. The van der Waals surface area contributed by atoms with Crippen molar-refractivity contribution in [3.8, 4) is 28.7 Å². The van der Waals surface area contributed by atoms with E-state index in [9.17, 15) is 0 Å². The van der Waals surface area contributed by atoms with E-state index in [1.54, 1.807) is 31.5 Å². The first-order valence-electron chi connectivity index (χ1n) is 5.56. The van der Waals surface area contributed by atoms with Gasteiger partial charge in [0.25, 0.3) is 5.89 Å². The molecule has 0 saturated carbocycles. The SMILES string of the molecule is COc1ccc(Cl)cc1-c1noc(-c2[nH]ncc2I)n1. The Hall–Kier alpha value is -1.61. The maximum atomic E-state index is 6.00. The lowest BCUT2D eigenvalue weighted by atomic mass is 10.2. The number of nitrogens with zero attached hydrogens (tertiary/aromatic N) is 3. The van der Waals surface area contributed by atoms with Crippen molar-refractivity contribution in [2.75, 3.05) is 7.11 Å². The van der Waals surface area contributed by atoms with Crippen molar-refractivity contribution >= 4 is 34.2 Å². The molecule has 0 aliphatic heterocycles. The fourth-order valence-corrected chi connectivity index (χ4v) is 2.37. The van der Waals surface area contributed by atoms with Gasteiger partial charge in [-0.2, -0.15) is 10.1 Å². The Kier molecular flexibility index (Phi) is 3.62. The Bertz CT molecular complexity index is 756. The summed E-state index contributed by atoms with van der Waals surface area (Å²) in [4.78, 5) is 4.34. The fourth-order valence-electron chi connectivity index (χ4n) is 1.71. The number of nitrogens with one attached hydrogen (secondary N) is 1. The summed E-state index contributed by atoms with van der Waals surface area (Å²) in [5.41, 5.74) is 1.36. The van der Waals surface area contributed by atoms with Gasteiger partial charge >= 0.3 is 0 Å². The molecule has 0 spiro atoms. The van der Waals surface area contributed by atoms with Crippen molar-refractivity contribution in [2.45, 2.75) is 0 Å². The van der Waals surface area contributed by atoms with Gasteiger partial charge in [-0.25, -0.2) is 0 Å². The number of aromatic nitrogens is 4. The zero-order valence-corrected chi connectivity index (χ0v) is 13.1. The third-order valence-electron chi connectivity index (χ3n) is 2.64. The first kappa shape index (κ1) is 13.4. The third-order valence-corrected chi connectivity index (χ3v) is 3.69. The molecule has 0 unspecified atom stereocenters.